The first kappa shape index (κ1) is 14.1. The summed E-state index contributed by atoms with van der Waals surface area (Å²) in [6.45, 7) is 3.61. The third-order valence-electron chi connectivity index (χ3n) is 2.19. The highest BCUT2D eigenvalue weighted by molar-refractivity contribution is 5.87. The molecule has 18 heavy (non-hydrogen) atoms. The van der Waals surface area contributed by atoms with Crippen LogP contribution in [-0.4, -0.2) is 26.3 Å². The topological polar surface area (TPSA) is 44.8 Å². The van der Waals surface area contributed by atoms with Gasteiger partial charge in [-0.25, -0.2) is 4.79 Å². The fourth-order valence-corrected chi connectivity index (χ4v) is 1.39. The maximum absolute atomic E-state index is 11.4. The summed E-state index contributed by atoms with van der Waals surface area (Å²) < 4.78 is 15.3. The van der Waals surface area contributed by atoms with Gasteiger partial charge in [-0.3, -0.25) is 0 Å². The third kappa shape index (κ3) is 4.13. The van der Waals surface area contributed by atoms with Crippen LogP contribution in [0.3, 0.4) is 0 Å². The molecule has 0 saturated heterocycles. The van der Waals surface area contributed by atoms with Crippen LogP contribution in [0.15, 0.2) is 24.3 Å². The first-order chi connectivity index (χ1) is 8.56. The Morgan fingerprint density at radius 1 is 1.22 bits per heavy atom. The molecule has 0 aliphatic carbocycles. The number of rotatable bonds is 5. The van der Waals surface area contributed by atoms with Crippen LogP contribution in [0.2, 0.25) is 0 Å². The second-order valence-electron chi connectivity index (χ2n) is 3.93. The predicted octanol–water partition coefficient (Wildman–Crippen LogP) is 2.67. The molecule has 0 N–H and O–H groups in total. The van der Waals surface area contributed by atoms with Crippen LogP contribution in [0.25, 0.3) is 6.08 Å². The number of ether oxygens (including phenoxy) is 3. The van der Waals surface area contributed by atoms with Crippen molar-refractivity contribution in [2.45, 2.75) is 20.0 Å². The van der Waals surface area contributed by atoms with Crippen molar-refractivity contribution in [2.24, 2.45) is 0 Å². The summed E-state index contributed by atoms with van der Waals surface area (Å²) in [5.74, 6) is 0.972. The van der Waals surface area contributed by atoms with E-state index < -0.39 is 0 Å². The summed E-state index contributed by atoms with van der Waals surface area (Å²) in [5.41, 5.74) is 0.791. The van der Waals surface area contributed by atoms with Gasteiger partial charge in [-0.2, -0.15) is 0 Å². The molecule has 4 heteroatoms. The zero-order chi connectivity index (χ0) is 13.5. The molecule has 0 unspecified atom stereocenters. The standard InChI is InChI=1S/C14H18O4/c1-10(2)18-14(15)8-6-11-5-7-12(16-3)9-13(11)17-4/h5-10H,1-4H3. The Morgan fingerprint density at radius 2 is 1.94 bits per heavy atom. The number of hydrogen-bond acceptors (Lipinski definition) is 4. The van der Waals surface area contributed by atoms with Gasteiger partial charge in [0.05, 0.1) is 20.3 Å². The molecule has 1 aromatic carbocycles. The zero-order valence-corrected chi connectivity index (χ0v) is 11.1. The van der Waals surface area contributed by atoms with Crippen LogP contribution in [-0.2, 0) is 9.53 Å². The molecule has 98 valence electrons. The minimum atomic E-state index is -0.372. The highest BCUT2D eigenvalue weighted by atomic mass is 16.5. The lowest BCUT2D eigenvalue weighted by molar-refractivity contribution is -0.141. The van der Waals surface area contributed by atoms with E-state index in [0.29, 0.717) is 11.5 Å². The number of methoxy groups -OCH3 is 2. The lowest BCUT2D eigenvalue weighted by Gasteiger charge is -2.07. The molecular formula is C14H18O4. The first-order valence-electron chi connectivity index (χ1n) is 5.67. The van der Waals surface area contributed by atoms with Crippen molar-refractivity contribution in [1.29, 1.82) is 0 Å². The van der Waals surface area contributed by atoms with Crippen molar-refractivity contribution < 1.29 is 19.0 Å². The molecule has 0 aromatic heterocycles. The SMILES string of the molecule is COc1ccc(C=CC(=O)OC(C)C)c(OC)c1. The van der Waals surface area contributed by atoms with Gasteiger partial charge in [-0.05, 0) is 32.1 Å². The summed E-state index contributed by atoms with van der Waals surface area (Å²) in [7, 11) is 3.16. The second-order valence-corrected chi connectivity index (χ2v) is 3.93. The Labute approximate surface area is 107 Å². The van der Waals surface area contributed by atoms with E-state index in [9.17, 15) is 4.79 Å². The van der Waals surface area contributed by atoms with Gasteiger partial charge >= 0.3 is 5.97 Å². The van der Waals surface area contributed by atoms with E-state index >= 15 is 0 Å². The molecule has 0 amide bonds. The highest BCUT2D eigenvalue weighted by Gasteiger charge is 2.04. The normalized spacial score (nSPS) is 10.7. The Balaban J connectivity index is 2.83. The molecule has 0 heterocycles. The third-order valence-corrected chi connectivity index (χ3v) is 2.19. The van der Waals surface area contributed by atoms with Crippen molar-refractivity contribution in [2.75, 3.05) is 14.2 Å². The Hall–Kier alpha value is -1.97. The Bertz CT molecular complexity index is 435. The molecule has 1 rings (SSSR count). The van der Waals surface area contributed by atoms with E-state index in [2.05, 4.69) is 0 Å². The quantitative estimate of drug-likeness (QED) is 0.595. The first-order valence-corrected chi connectivity index (χ1v) is 5.67. The molecule has 0 radical (unpaired) electrons. The number of esters is 1. The van der Waals surface area contributed by atoms with Gasteiger partial charge in [0, 0.05) is 17.7 Å². The number of benzene rings is 1. The lowest BCUT2D eigenvalue weighted by Crippen LogP contribution is -2.08. The summed E-state index contributed by atoms with van der Waals surface area (Å²) in [6.07, 6.45) is 2.91. The van der Waals surface area contributed by atoms with Gasteiger partial charge in [0.1, 0.15) is 11.5 Å². The molecule has 0 atom stereocenters. The average molecular weight is 250 g/mol. The molecule has 0 bridgehead atoms. The van der Waals surface area contributed by atoms with Crippen LogP contribution >= 0.6 is 0 Å². The van der Waals surface area contributed by atoms with Crippen LogP contribution < -0.4 is 9.47 Å². The van der Waals surface area contributed by atoms with E-state index in [-0.39, 0.29) is 12.1 Å². The molecule has 0 spiro atoms. The van der Waals surface area contributed by atoms with E-state index in [1.54, 1.807) is 46.3 Å². The maximum Gasteiger partial charge on any atom is 0.331 e. The summed E-state index contributed by atoms with van der Waals surface area (Å²) in [6, 6.07) is 5.38. The number of hydrogen-bond donors (Lipinski definition) is 0. The largest absolute Gasteiger partial charge is 0.497 e. The summed E-state index contributed by atoms with van der Waals surface area (Å²) >= 11 is 0. The van der Waals surface area contributed by atoms with Crippen molar-refractivity contribution >= 4 is 12.0 Å². The van der Waals surface area contributed by atoms with E-state index in [4.69, 9.17) is 14.2 Å². The fraction of sp³-hybridized carbons (Fsp3) is 0.357. The molecule has 0 aliphatic heterocycles. The minimum absolute atomic E-state index is 0.125. The van der Waals surface area contributed by atoms with Crippen molar-refractivity contribution in [3.8, 4) is 11.5 Å². The molecule has 1 aromatic rings. The van der Waals surface area contributed by atoms with Gasteiger partial charge in [-0.1, -0.05) is 0 Å². The van der Waals surface area contributed by atoms with Crippen LogP contribution in [0.5, 0.6) is 11.5 Å². The van der Waals surface area contributed by atoms with Crippen molar-refractivity contribution in [3.05, 3.63) is 29.8 Å². The van der Waals surface area contributed by atoms with Crippen molar-refractivity contribution in [1.82, 2.24) is 0 Å². The van der Waals surface area contributed by atoms with Gasteiger partial charge in [0.15, 0.2) is 0 Å². The molecule has 0 fully saturated rings. The van der Waals surface area contributed by atoms with E-state index in [0.717, 1.165) is 5.56 Å². The fourth-order valence-electron chi connectivity index (χ4n) is 1.39. The van der Waals surface area contributed by atoms with Gasteiger partial charge in [0.25, 0.3) is 0 Å². The van der Waals surface area contributed by atoms with Gasteiger partial charge in [-0.15, -0.1) is 0 Å². The molecule has 0 aliphatic rings. The average Bonchev–Trinajstić information content (AvgIpc) is 2.35. The van der Waals surface area contributed by atoms with Crippen LogP contribution in [0, 0.1) is 0 Å². The van der Waals surface area contributed by atoms with E-state index in [1.165, 1.54) is 6.08 Å². The minimum Gasteiger partial charge on any atom is -0.497 e. The monoisotopic (exact) mass is 250 g/mol. The Kier molecular flexibility index (Phi) is 5.24. The zero-order valence-electron chi connectivity index (χ0n) is 11.1. The summed E-state index contributed by atoms with van der Waals surface area (Å²) in [5, 5.41) is 0. The molecular weight excluding hydrogens is 232 g/mol. The smallest absolute Gasteiger partial charge is 0.331 e. The summed E-state index contributed by atoms with van der Waals surface area (Å²) in [4.78, 5) is 11.4. The molecule has 4 nitrogen and oxygen atoms in total. The van der Waals surface area contributed by atoms with Gasteiger partial charge < -0.3 is 14.2 Å². The lowest BCUT2D eigenvalue weighted by atomic mass is 10.2. The van der Waals surface area contributed by atoms with E-state index in [1.807, 2.05) is 6.07 Å². The maximum atomic E-state index is 11.4. The number of carbonyl (C=O) groups excluding carboxylic acids is 1. The van der Waals surface area contributed by atoms with Crippen LogP contribution in [0.4, 0.5) is 0 Å². The number of carbonyl (C=O) groups is 1. The Morgan fingerprint density at radius 3 is 2.50 bits per heavy atom. The van der Waals surface area contributed by atoms with Crippen LogP contribution in [0.1, 0.15) is 19.4 Å². The predicted molar refractivity (Wildman–Crippen MR) is 69.8 cm³/mol. The molecule has 0 saturated carbocycles. The highest BCUT2D eigenvalue weighted by Crippen LogP contribution is 2.25. The second kappa shape index (κ2) is 6.69. The van der Waals surface area contributed by atoms with Crippen molar-refractivity contribution in [3.63, 3.8) is 0 Å². The van der Waals surface area contributed by atoms with Gasteiger partial charge in [0.2, 0.25) is 0 Å².